The van der Waals surface area contributed by atoms with E-state index in [0.717, 1.165) is 10.5 Å². The standard InChI is InChI=1S/C24H26NO7PS/c1-18-4-14-23(15-5-18)34-25(16-24(26)27)17-33(28,31-21-10-6-19(29-2)7-11-21)32-22-12-8-20(30-3)9-13-22/h4-15H,16-17H2,1-3H3,(H,26,27). The molecule has 1 N–H and O–H groups in total. The molecule has 0 aliphatic heterocycles. The van der Waals surface area contributed by atoms with Gasteiger partial charge in [-0.05, 0) is 79.5 Å². The normalized spacial score (nSPS) is 11.2. The third-order valence-electron chi connectivity index (χ3n) is 4.51. The lowest BCUT2D eigenvalue weighted by Gasteiger charge is -2.26. The number of carbonyl (C=O) groups is 1. The Labute approximate surface area is 203 Å². The Hall–Kier alpha value is -3.13. The molecule has 0 fully saturated rings. The average Bonchev–Trinajstić information content (AvgIpc) is 2.81. The van der Waals surface area contributed by atoms with Crippen LogP contribution in [0.15, 0.2) is 77.7 Å². The fourth-order valence-corrected chi connectivity index (χ4v) is 5.79. The van der Waals surface area contributed by atoms with Gasteiger partial charge in [-0.2, -0.15) is 0 Å². The van der Waals surface area contributed by atoms with Crippen molar-refractivity contribution in [1.82, 2.24) is 4.31 Å². The van der Waals surface area contributed by atoms with E-state index in [1.807, 2.05) is 31.2 Å². The quantitative estimate of drug-likeness (QED) is 0.246. The Kier molecular flexibility index (Phi) is 8.87. The Morgan fingerprint density at radius 1 is 0.824 bits per heavy atom. The minimum Gasteiger partial charge on any atom is -0.497 e. The van der Waals surface area contributed by atoms with E-state index in [1.54, 1.807) is 62.8 Å². The zero-order chi connectivity index (χ0) is 24.6. The molecular weight excluding hydrogens is 477 g/mol. The lowest BCUT2D eigenvalue weighted by molar-refractivity contribution is -0.136. The Bertz CT molecular complexity index is 1070. The van der Waals surface area contributed by atoms with Crippen LogP contribution in [0.1, 0.15) is 5.56 Å². The van der Waals surface area contributed by atoms with E-state index in [-0.39, 0.29) is 12.8 Å². The van der Waals surface area contributed by atoms with Crippen molar-refractivity contribution in [3.05, 3.63) is 78.4 Å². The summed E-state index contributed by atoms with van der Waals surface area (Å²) in [4.78, 5) is 12.3. The number of aryl methyl sites for hydroxylation is 1. The van der Waals surface area contributed by atoms with Crippen LogP contribution in [0.4, 0.5) is 0 Å². The number of carboxylic acid groups (broad SMARTS) is 1. The lowest BCUT2D eigenvalue weighted by Crippen LogP contribution is -2.26. The SMILES string of the molecule is COc1ccc(OP(=O)(CN(CC(=O)O)Sc2ccc(C)cc2)Oc2ccc(OC)cc2)cc1. The zero-order valence-corrected chi connectivity index (χ0v) is 20.8. The Morgan fingerprint density at radius 3 is 1.68 bits per heavy atom. The maximum Gasteiger partial charge on any atom is 0.445 e. The molecule has 0 atom stereocenters. The number of aliphatic carboxylic acids is 1. The van der Waals surface area contributed by atoms with Gasteiger partial charge in [0.2, 0.25) is 0 Å². The Balaban J connectivity index is 1.88. The highest BCUT2D eigenvalue weighted by molar-refractivity contribution is 7.97. The van der Waals surface area contributed by atoms with E-state index in [2.05, 4.69) is 0 Å². The summed E-state index contributed by atoms with van der Waals surface area (Å²) in [5.41, 5.74) is 1.07. The van der Waals surface area contributed by atoms with Gasteiger partial charge in [0.15, 0.2) is 0 Å². The number of benzene rings is 3. The molecule has 3 rings (SSSR count). The molecule has 0 aromatic heterocycles. The molecule has 0 saturated carbocycles. The molecule has 0 amide bonds. The minimum atomic E-state index is -3.91. The summed E-state index contributed by atoms with van der Waals surface area (Å²) in [7, 11) is -0.826. The molecule has 0 saturated heterocycles. The minimum absolute atomic E-state index is 0.282. The van der Waals surface area contributed by atoms with Gasteiger partial charge >= 0.3 is 13.6 Å². The second-order valence-corrected chi connectivity index (χ2v) is 10.3. The first-order valence-corrected chi connectivity index (χ1v) is 12.8. The van der Waals surface area contributed by atoms with E-state index >= 15 is 0 Å². The van der Waals surface area contributed by atoms with Crippen LogP contribution in [0.2, 0.25) is 0 Å². The molecular formula is C24H26NO7PS. The van der Waals surface area contributed by atoms with Gasteiger partial charge in [-0.1, -0.05) is 17.7 Å². The fourth-order valence-electron chi connectivity index (χ4n) is 2.87. The predicted molar refractivity (Wildman–Crippen MR) is 131 cm³/mol. The molecule has 8 nitrogen and oxygen atoms in total. The van der Waals surface area contributed by atoms with Crippen molar-refractivity contribution in [3.63, 3.8) is 0 Å². The molecule has 3 aromatic carbocycles. The van der Waals surface area contributed by atoms with Gasteiger partial charge in [-0.3, -0.25) is 4.79 Å². The van der Waals surface area contributed by atoms with E-state index < -0.39 is 13.6 Å². The van der Waals surface area contributed by atoms with Gasteiger partial charge < -0.3 is 23.6 Å². The summed E-state index contributed by atoms with van der Waals surface area (Å²) >= 11 is 1.17. The molecule has 0 aliphatic rings. The number of methoxy groups -OCH3 is 2. The molecule has 0 radical (unpaired) electrons. The first kappa shape index (κ1) is 25.5. The average molecular weight is 504 g/mol. The largest absolute Gasteiger partial charge is 0.497 e. The monoisotopic (exact) mass is 503 g/mol. The summed E-state index contributed by atoms with van der Waals surface area (Å²) in [5.74, 6) is 0.753. The molecule has 0 heterocycles. The highest BCUT2D eigenvalue weighted by atomic mass is 32.2. The molecule has 180 valence electrons. The molecule has 0 unspecified atom stereocenters. The molecule has 3 aromatic rings. The van der Waals surface area contributed by atoms with Gasteiger partial charge in [-0.25, -0.2) is 8.87 Å². The van der Waals surface area contributed by atoms with Crippen LogP contribution in [0.25, 0.3) is 0 Å². The van der Waals surface area contributed by atoms with Crippen LogP contribution in [0.3, 0.4) is 0 Å². The number of hydrogen-bond acceptors (Lipinski definition) is 8. The highest BCUT2D eigenvalue weighted by Crippen LogP contribution is 2.50. The first-order valence-electron chi connectivity index (χ1n) is 10.3. The number of rotatable bonds is 12. The van der Waals surface area contributed by atoms with Crippen LogP contribution >= 0.6 is 19.5 Å². The third kappa shape index (κ3) is 7.73. The van der Waals surface area contributed by atoms with Gasteiger partial charge in [0.05, 0.1) is 14.2 Å². The molecule has 34 heavy (non-hydrogen) atoms. The van der Waals surface area contributed by atoms with Crippen LogP contribution in [0.5, 0.6) is 23.0 Å². The van der Waals surface area contributed by atoms with Gasteiger partial charge in [-0.15, -0.1) is 0 Å². The molecule has 0 spiro atoms. The fraction of sp³-hybridized carbons (Fsp3) is 0.208. The van der Waals surface area contributed by atoms with E-state index in [0.29, 0.717) is 23.0 Å². The van der Waals surface area contributed by atoms with Crippen LogP contribution in [0, 0.1) is 6.92 Å². The second-order valence-electron chi connectivity index (χ2n) is 7.22. The second kappa shape index (κ2) is 11.8. The zero-order valence-electron chi connectivity index (χ0n) is 19.0. The smallest absolute Gasteiger partial charge is 0.445 e. The third-order valence-corrected chi connectivity index (χ3v) is 7.36. The summed E-state index contributed by atoms with van der Waals surface area (Å²) in [6.45, 7) is 1.59. The number of nitrogens with zero attached hydrogens (tertiary/aromatic N) is 1. The van der Waals surface area contributed by atoms with Crippen molar-refractivity contribution < 1.29 is 33.0 Å². The lowest BCUT2D eigenvalue weighted by atomic mass is 10.2. The maximum atomic E-state index is 13.9. The summed E-state index contributed by atoms with van der Waals surface area (Å²) < 4.78 is 37.4. The van der Waals surface area contributed by atoms with Crippen LogP contribution < -0.4 is 18.5 Å². The first-order chi connectivity index (χ1) is 16.3. The van der Waals surface area contributed by atoms with Crippen molar-refractivity contribution in [1.29, 1.82) is 0 Å². The van der Waals surface area contributed by atoms with Crippen molar-refractivity contribution >= 4 is 25.5 Å². The van der Waals surface area contributed by atoms with E-state index in [1.165, 1.54) is 16.3 Å². The molecule has 10 heteroatoms. The maximum absolute atomic E-state index is 13.9. The summed E-state index contributed by atoms with van der Waals surface area (Å²) in [6.07, 6.45) is -0.282. The Morgan fingerprint density at radius 2 is 1.26 bits per heavy atom. The highest BCUT2D eigenvalue weighted by Gasteiger charge is 2.33. The van der Waals surface area contributed by atoms with E-state index in [9.17, 15) is 14.5 Å². The number of carboxylic acids is 1. The van der Waals surface area contributed by atoms with Crippen LogP contribution in [-0.4, -0.2) is 42.4 Å². The van der Waals surface area contributed by atoms with Crippen molar-refractivity contribution in [2.75, 3.05) is 27.1 Å². The number of ether oxygens (including phenoxy) is 2. The van der Waals surface area contributed by atoms with Gasteiger partial charge in [0.25, 0.3) is 0 Å². The molecule has 0 aliphatic carbocycles. The van der Waals surface area contributed by atoms with Crippen molar-refractivity contribution in [2.45, 2.75) is 11.8 Å². The summed E-state index contributed by atoms with van der Waals surface area (Å²) in [5, 5.41) is 9.44. The summed E-state index contributed by atoms with van der Waals surface area (Å²) in [6, 6.07) is 20.7. The topological polar surface area (TPSA) is 94.5 Å². The predicted octanol–water partition coefficient (Wildman–Crippen LogP) is 5.71. The number of hydrogen-bond donors (Lipinski definition) is 1. The van der Waals surface area contributed by atoms with Gasteiger partial charge in [0, 0.05) is 4.90 Å². The van der Waals surface area contributed by atoms with Crippen molar-refractivity contribution in [2.24, 2.45) is 0 Å². The van der Waals surface area contributed by atoms with E-state index in [4.69, 9.17) is 18.5 Å². The molecule has 0 bridgehead atoms. The van der Waals surface area contributed by atoms with Crippen molar-refractivity contribution in [3.8, 4) is 23.0 Å². The van der Waals surface area contributed by atoms with Gasteiger partial charge in [0.1, 0.15) is 35.8 Å². The van der Waals surface area contributed by atoms with Crippen LogP contribution in [-0.2, 0) is 9.36 Å².